The Bertz CT molecular complexity index is 268. The largest absolute Gasteiger partial charge is 0.389 e. The van der Waals surface area contributed by atoms with Crippen molar-refractivity contribution in [2.75, 3.05) is 26.2 Å². The molecule has 19 heavy (non-hydrogen) atoms. The van der Waals surface area contributed by atoms with E-state index in [1.807, 2.05) is 6.92 Å². The van der Waals surface area contributed by atoms with Gasteiger partial charge in [-0.1, -0.05) is 20.3 Å². The van der Waals surface area contributed by atoms with Crippen molar-refractivity contribution in [3.8, 4) is 0 Å². The highest BCUT2D eigenvalue weighted by molar-refractivity contribution is 4.86. The number of hydrogen-bond acceptors (Lipinski definition) is 3. The third-order valence-electron chi connectivity index (χ3n) is 5.22. The molecule has 0 aromatic carbocycles. The van der Waals surface area contributed by atoms with E-state index in [0.29, 0.717) is 12.0 Å². The highest BCUT2D eigenvalue weighted by Gasteiger charge is 2.30. The lowest BCUT2D eigenvalue weighted by atomic mass is 9.88. The number of nitrogens with one attached hydrogen (secondary N) is 1. The molecule has 3 heteroatoms. The third-order valence-corrected chi connectivity index (χ3v) is 5.22. The Morgan fingerprint density at radius 1 is 1.26 bits per heavy atom. The Hall–Kier alpha value is -0.120. The highest BCUT2D eigenvalue weighted by atomic mass is 16.3. The van der Waals surface area contributed by atoms with Crippen molar-refractivity contribution in [2.45, 2.75) is 64.5 Å². The van der Waals surface area contributed by atoms with E-state index >= 15 is 0 Å². The minimum absolute atomic E-state index is 0.356. The molecule has 0 radical (unpaired) electrons. The van der Waals surface area contributed by atoms with Gasteiger partial charge in [0.25, 0.3) is 0 Å². The van der Waals surface area contributed by atoms with Crippen LogP contribution >= 0.6 is 0 Å². The fourth-order valence-corrected chi connectivity index (χ4v) is 2.95. The van der Waals surface area contributed by atoms with Gasteiger partial charge in [-0.25, -0.2) is 0 Å². The molecule has 1 heterocycles. The third kappa shape index (κ3) is 4.73. The summed E-state index contributed by atoms with van der Waals surface area (Å²) >= 11 is 0. The molecule has 2 rings (SSSR count). The predicted molar refractivity (Wildman–Crippen MR) is 80.3 cm³/mol. The zero-order chi connectivity index (χ0) is 13.9. The summed E-state index contributed by atoms with van der Waals surface area (Å²) < 4.78 is 0. The van der Waals surface area contributed by atoms with E-state index in [1.54, 1.807) is 0 Å². The number of piperidine rings is 1. The molecular weight excluding hydrogens is 236 g/mol. The molecule has 2 N–H and O–H groups in total. The first kappa shape index (κ1) is 15.3. The first-order chi connectivity index (χ1) is 9.01. The fraction of sp³-hybridized carbons (Fsp3) is 1.00. The van der Waals surface area contributed by atoms with Gasteiger partial charge in [-0.15, -0.1) is 0 Å². The Morgan fingerprint density at radius 2 is 1.89 bits per heavy atom. The monoisotopic (exact) mass is 268 g/mol. The van der Waals surface area contributed by atoms with E-state index in [0.717, 1.165) is 18.9 Å². The van der Waals surface area contributed by atoms with Crippen LogP contribution in [0.1, 0.15) is 52.9 Å². The van der Waals surface area contributed by atoms with Crippen LogP contribution < -0.4 is 5.32 Å². The topological polar surface area (TPSA) is 35.5 Å². The maximum atomic E-state index is 10.4. The van der Waals surface area contributed by atoms with Gasteiger partial charge >= 0.3 is 0 Å². The molecule has 1 aliphatic carbocycles. The summed E-state index contributed by atoms with van der Waals surface area (Å²) in [4.78, 5) is 2.63. The van der Waals surface area contributed by atoms with Gasteiger partial charge in [0.15, 0.2) is 0 Å². The average molecular weight is 268 g/mol. The van der Waals surface area contributed by atoms with E-state index in [4.69, 9.17) is 0 Å². The van der Waals surface area contributed by atoms with Crippen LogP contribution in [0.4, 0.5) is 0 Å². The number of aliphatic hydroxyl groups is 1. The number of hydrogen-bond donors (Lipinski definition) is 2. The Labute approximate surface area is 118 Å². The van der Waals surface area contributed by atoms with Crippen molar-refractivity contribution >= 4 is 0 Å². The van der Waals surface area contributed by atoms with Gasteiger partial charge < -0.3 is 15.3 Å². The molecule has 2 unspecified atom stereocenters. The van der Waals surface area contributed by atoms with Gasteiger partial charge in [0.2, 0.25) is 0 Å². The maximum absolute atomic E-state index is 10.4. The van der Waals surface area contributed by atoms with Crippen LogP contribution in [0.5, 0.6) is 0 Å². The molecule has 1 aliphatic heterocycles. The molecule has 1 saturated heterocycles. The van der Waals surface area contributed by atoms with Crippen LogP contribution in [0.15, 0.2) is 0 Å². The van der Waals surface area contributed by atoms with Gasteiger partial charge in [0.1, 0.15) is 0 Å². The molecule has 0 amide bonds. The van der Waals surface area contributed by atoms with Gasteiger partial charge in [0, 0.05) is 19.1 Å². The maximum Gasteiger partial charge on any atom is 0.0768 e. The summed E-state index contributed by atoms with van der Waals surface area (Å²) in [7, 11) is 0. The van der Waals surface area contributed by atoms with Crippen LogP contribution in [0.25, 0.3) is 0 Å². The lowest BCUT2D eigenvalue weighted by Crippen LogP contribution is -2.49. The van der Waals surface area contributed by atoms with Crippen LogP contribution in [-0.4, -0.2) is 47.8 Å². The van der Waals surface area contributed by atoms with E-state index in [9.17, 15) is 5.11 Å². The molecular formula is C16H32N2O. The molecule has 1 saturated carbocycles. The first-order valence-corrected chi connectivity index (χ1v) is 8.19. The van der Waals surface area contributed by atoms with Crippen LogP contribution in [-0.2, 0) is 0 Å². The summed E-state index contributed by atoms with van der Waals surface area (Å²) in [6.45, 7) is 10.8. The smallest absolute Gasteiger partial charge is 0.0768 e. The normalized spacial score (nSPS) is 27.2. The van der Waals surface area contributed by atoms with Crippen molar-refractivity contribution in [1.29, 1.82) is 0 Å². The minimum atomic E-state index is -0.570. The number of rotatable bonds is 7. The predicted octanol–water partition coefficient (Wildman–Crippen LogP) is 2.25. The number of nitrogens with zero attached hydrogens (tertiary/aromatic N) is 1. The van der Waals surface area contributed by atoms with Crippen LogP contribution in [0, 0.1) is 11.8 Å². The molecule has 3 nitrogen and oxygen atoms in total. The molecule has 2 atom stereocenters. The van der Waals surface area contributed by atoms with Crippen LogP contribution in [0.3, 0.4) is 0 Å². The van der Waals surface area contributed by atoms with E-state index in [1.165, 1.54) is 45.3 Å². The fourth-order valence-electron chi connectivity index (χ4n) is 2.95. The molecule has 2 fully saturated rings. The lowest BCUT2D eigenvalue weighted by molar-refractivity contribution is 0.00132. The Morgan fingerprint density at radius 3 is 2.42 bits per heavy atom. The minimum Gasteiger partial charge on any atom is -0.389 e. The zero-order valence-corrected chi connectivity index (χ0v) is 13.0. The molecule has 112 valence electrons. The molecule has 0 aromatic rings. The summed E-state index contributed by atoms with van der Waals surface area (Å²) in [5.74, 6) is 1.37. The zero-order valence-electron chi connectivity index (χ0n) is 13.0. The summed E-state index contributed by atoms with van der Waals surface area (Å²) in [6, 6.07) is 0.603. The van der Waals surface area contributed by atoms with Crippen molar-refractivity contribution in [3.05, 3.63) is 0 Å². The Balaban J connectivity index is 1.64. The molecule has 0 aromatic heterocycles. The first-order valence-electron chi connectivity index (χ1n) is 8.19. The second kappa shape index (κ2) is 6.55. The van der Waals surface area contributed by atoms with E-state index in [-0.39, 0.29) is 0 Å². The SMILES string of the molecule is CCC(C)C(C)(O)CNC1CCN(CC2CC2)CC1. The van der Waals surface area contributed by atoms with Crippen molar-refractivity contribution < 1.29 is 5.11 Å². The van der Waals surface area contributed by atoms with Crippen molar-refractivity contribution in [2.24, 2.45) is 11.8 Å². The lowest BCUT2D eigenvalue weighted by Gasteiger charge is -2.36. The van der Waals surface area contributed by atoms with Gasteiger partial charge in [-0.3, -0.25) is 0 Å². The van der Waals surface area contributed by atoms with Gasteiger partial charge in [-0.05, 0) is 57.5 Å². The average Bonchev–Trinajstić information content (AvgIpc) is 3.21. The summed E-state index contributed by atoms with van der Waals surface area (Å²) in [6.07, 6.45) is 6.42. The highest BCUT2D eigenvalue weighted by Crippen LogP contribution is 2.30. The standard InChI is InChI=1S/C16H32N2O/c1-4-13(2)16(3,19)12-17-15-7-9-18(10-8-15)11-14-5-6-14/h13-15,17,19H,4-12H2,1-3H3. The van der Waals surface area contributed by atoms with E-state index < -0.39 is 5.60 Å². The second-order valence-corrected chi connectivity index (χ2v) is 7.07. The van der Waals surface area contributed by atoms with Gasteiger partial charge in [0.05, 0.1) is 5.60 Å². The summed E-state index contributed by atoms with van der Waals surface area (Å²) in [5, 5.41) is 14.0. The van der Waals surface area contributed by atoms with Crippen molar-refractivity contribution in [3.63, 3.8) is 0 Å². The van der Waals surface area contributed by atoms with Gasteiger partial charge in [-0.2, -0.15) is 0 Å². The number of likely N-dealkylation sites (tertiary alicyclic amines) is 1. The molecule has 0 bridgehead atoms. The van der Waals surface area contributed by atoms with Crippen molar-refractivity contribution in [1.82, 2.24) is 10.2 Å². The Kier molecular flexibility index (Phi) is 5.27. The molecule has 2 aliphatic rings. The van der Waals surface area contributed by atoms with E-state index in [2.05, 4.69) is 24.1 Å². The summed E-state index contributed by atoms with van der Waals surface area (Å²) in [5.41, 5.74) is -0.570. The second-order valence-electron chi connectivity index (χ2n) is 7.07. The quantitative estimate of drug-likeness (QED) is 0.743. The van der Waals surface area contributed by atoms with Crippen LogP contribution in [0.2, 0.25) is 0 Å². The molecule has 0 spiro atoms.